The minimum Gasteiger partial charge on any atom is -0.404 e. The fourth-order valence-electron chi connectivity index (χ4n) is 4.95. The molecule has 7 heteroatoms. The van der Waals surface area contributed by atoms with Gasteiger partial charge in [-0.05, 0) is 82.0 Å². The number of amides is 1. The van der Waals surface area contributed by atoms with Crippen molar-refractivity contribution in [2.45, 2.75) is 39.0 Å². The first kappa shape index (κ1) is 24.4. The molecular weight excluding hydrogens is 424 g/mol. The van der Waals surface area contributed by atoms with E-state index in [4.69, 9.17) is 5.73 Å². The SMILES string of the molecule is CN=C(CN1CCCCC1)C(=CN)c1ccc2cnc(NC(=O)C3(C)CCN(C)CC3)cc2c1. The van der Waals surface area contributed by atoms with Crippen molar-refractivity contribution < 1.29 is 4.79 Å². The summed E-state index contributed by atoms with van der Waals surface area (Å²) < 4.78 is 0. The maximum absolute atomic E-state index is 13.1. The van der Waals surface area contributed by atoms with Gasteiger partial charge in [-0.25, -0.2) is 4.98 Å². The second kappa shape index (κ2) is 10.7. The van der Waals surface area contributed by atoms with Gasteiger partial charge < -0.3 is 16.0 Å². The van der Waals surface area contributed by atoms with Crippen LogP contribution >= 0.6 is 0 Å². The largest absolute Gasteiger partial charge is 0.404 e. The highest BCUT2D eigenvalue weighted by Crippen LogP contribution is 2.32. The van der Waals surface area contributed by atoms with Crippen LogP contribution < -0.4 is 11.1 Å². The van der Waals surface area contributed by atoms with Crippen LogP contribution in [0.15, 0.2) is 41.7 Å². The van der Waals surface area contributed by atoms with Crippen LogP contribution in [-0.4, -0.2) is 73.2 Å². The number of piperidine rings is 2. The third-order valence-corrected chi connectivity index (χ3v) is 7.48. The van der Waals surface area contributed by atoms with Crippen LogP contribution in [0.25, 0.3) is 16.3 Å². The second-order valence-corrected chi connectivity index (χ2v) is 10.0. The van der Waals surface area contributed by atoms with Crippen molar-refractivity contribution in [1.29, 1.82) is 0 Å². The first-order valence-electron chi connectivity index (χ1n) is 12.4. The molecule has 34 heavy (non-hydrogen) atoms. The highest BCUT2D eigenvalue weighted by atomic mass is 16.2. The lowest BCUT2D eigenvalue weighted by molar-refractivity contribution is -0.127. The number of anilines is 1. The summed E-state index contributed by atoms with van der Waals surface area (Å²) in [6.45, 7) is 6.96. The third-order valence-electron chi connectivity index (χ3n) is 7.48. The summed E-state index contributed by atoms with van der Waals surface area (Å²) in [6.07, 6.45) is 8.99. The van der Waals surface area contributed by atoms with Gasteiger partial charge in [0.05, 0.1) is 5.71 Å². The molecule has 0 radical (unpaired) electrons. The molecule has 0 unspecified atom stereocenters. The Hall–Kier alpha value is -2.77. The molecule has 1 aromatic heterocycles. The minimum atomic E-state index is -0.360. The van der Waals surface area contributed by atoms with E-state index >= 15 is 0 Å². The maximum atomic E-state index is 13.1. The molecule has 7 nitrogen and oxygen atoms in total. The van der Waals surface area contributed by atoms with E-state index in [1.165, 1.54) is 19.3 Å². The summed E-state index contributed by atoms with van der Waals surface area (Å²) in [7, 11) is 3.94. The number of fused-ring (bicyclic) bond motifs is 1. The van der Waals surface area contributed by atoms with E-state index < -0.39 is 0 Å². The van der Waals surface area contributed by atoms with Crippen LogP contribution in [0.5, 0.6) is 0 Å². The van der Waals surface area contributed by atoms with Crippen molar-refractivity contribution in [2.24, 2.45) is 16.1 Å². The summed E-state index contributed by atoms with van der Waals surface area (Å²) >= 11 is 0. The average Bonchev–Trinajstić information content (AvgIpc) is 2.86. The summed E-state index contributed by atoms with van der Waals surface area (Å²) in [5.74, 6) is 0.638. The molecule has 1 aromatic carbocycles. The van der Waals surface area contributed by atoms with Gasteiger partial charge in [-0.2, -0.15) is 0 Å². The summed E-state index contributed by atoms with van der Waals surface area (Å²) in [5.41, 5.74) is 8.72. The number of rotatable bonds is 6. The molecule has 3 N–H and O–H groups in total. The smallest absolute Gasteiger partial charge is 0.231 e. The number of aromatic nitrogens is 1. The lowest BCUT2D eigenvalue weighted by Crippen LogP contribution is -2.43. The molecule has 2 aliphatic rings. The Balaban J connectivity index is 1.53. The van der Waals surface area contributed by atoms with Gasteiger partial charge in [-0.3, -0.25) is 14.7 Å². The Bertz CT molecular complexity index is 1080. The number of pyridine rings is 1. The molecule has 2 saturated heterocycles. The van der Waals surface area contributed by atoms with Crippen molar-refractivity contribution in [3.63, 3.8) is 0 Å². The number of nitrogens with one attached hydrogen (secondary N) is 1. The molecule has 4 rings (SSSR count). The van der Waals surface area contributed by atoms with Crippen LogP contribution in [-0.2, 0) is 4.79 Å². The molecular formula is C27H38N6O. The van der Waals surface area contributed by atoms with E-state index in [2.05, 4.69) is 57.3 Å². The average molecular weight is 463 g/mol. The van der Waals surface area contributed by atoms with Gasteiger partial charge in [-0.1, -0.05) is 25.5 Å². The summed E-state index contributed by atoms with van der Waals surface area (Å²) in [4.78, 5) is 26.9. The van der Waals surface area contributed by atoms with Crippen molar-refractivity contribution in [3.8, 4) is 0 Å². The monoisotopic (exact) mass is 462 g/mol. The van der Waals surface area contributed by atoms with Gasteiger partial charge in [0, 0.05) is 42.4 Å². The van der Waals surface area contributed by atoms with E-state index in [-0.39, 0.29) is 11.3 Å². The normalized spacial score (nSPS) is 20.4. The Morgan fingerprint density at radius 2 is 1.88 bits per heavy atom. The van der Waals surface area contributed by atoms with Crippen LogP contribution in [0, 0.1) is 5.41 Å². The van der Waals surface area contributed by atoms with E-state index in [1.807, 2.05) is 19.3 Å². The summed E-state index contributed by atoms with van der Waals surface area (Å²) in [5, 5.41) is 5.11. The number of aliphatic imine (C=N–C) groups is 1. The Morgan fingerprint density at radius 1 is 1.15 bits per heavy atom. The molecule has 0 aliphatic carbocycles. The van der Waals surface area contributed by atoms with Gasteiger partial charge in [0.25, 0.3) is 0 Å². The molecule has 1 amide bonds. The van der Waals surface area contributed by atoms with E-state index in [0.29, 0.717) is 5.82 Å². The van der Waals surface area contributed by atoms with Gasteiger partial charge in [0.1, 0.15) is 5.82 Å². The van der Waals surface area contributed by atoms with Gasteiger partial charge in [-0.15, -0.1) is 0 Å². The molecule has 0 bridgehead atoms. The quantitative estimate of drug-likeness (QED) is 0.639. The maximum Gasteiger partial charge on any atom is 0.231 e. The standard InChI is InChI=1S/C27H38N6O/c1-27(9-13-32(3)14-10-27)26(34)31-25-16-22-15-20(7-8-21(22)18-30-25)23(17-28)24(29-2)19-33-11-5-4-6-12-33/h7-8,15-18H,4-6,9-14,19,28H2,1-3H3,(H,30,31,34). The van der Waals surface area contributed by atoms with E-state index in [1.54, 1.807) is 6.20 Å². The molecule has 0 spiro atoms. The fraction of sp³-hybridized carbons (Fsp3) is 0.519. The fourth-order valence-corrected chi connectivity index (χ4v) is 4.95. The first-order chi connectivity index (χ1) is 16.4. The molecule has 182 valence electrons. The van der Waals surface area contributed by atoms with Crippen LogP contribution in [0.1, 0.15) is 44.6 Å². The third kappa shape index (κ3) is 5.47. The highest BCUT2D eigenvalue weighted by molar-refractivity contribution is 6.25. The molecule has 0 saturated carbocycles. The van der Waals surface area contributed by atoms with Crippen LogP contribution in [0.3, 0.4) is 0 Å². The number of carbonyl (C=O) groups is 1. The van der Waals surface area contributed by atoms with Gasteiger partial charge in [0.15, 0.2) is 0 Å². The van der Waals surface area contributed by atoms with Gasteiger partial charge >= 0.3 is 0 Å². The van der Waals surface area contributed by atoms with E-state index in [0.717, 1.165) is 73.2 Å². The zero-order valence-electron chi connectivity index (χ0n) is 20.8. The molecule has 0 atom stereocenters. The van der Waals surface area contributed by atoms with Crippen molar-refractivity contribution in [3.05, 3.63) is 42.2 Å². The molecule has 2 fully saturated rings. The lowest BCUT2D eigenvalue weighted by Gasteiger charge is -2.36. The van der Waals surface area contributed by atoms with Crippen LogP contribution in [0.2, 0.25) is 0 Å². The van der Waals surface area contributed by atoms with E-state index in [9.17, 15) is 4.79 Å². The lowest BCUT2D eigenvalue weighted by atomic mass is 9.79. The highest BCUT2D eigenvalue weighted by Gasteiger charge is 2.36. The molecule has 2 aromatic rings. The van der Waals surface area contributed by atoms with Crippen molar-refractivity contribution in [1.82, 2.24) is 14.8 Å². The first-order valence-corrected chi connectivity index (χ1v) is 12.4. The Labute approximate surface area is 203 Å². The summed E-state index contributed by atoms with van der Waals surface area (Å²) in [6, 6.07) is 8.20. The number of nitrogens with zero attached hydrogens (tertiary/aromatic N) is 4. The predicted molar refractivity (Wildman–Crippen MR) is 141 cm³/mol. The zero-order valence-corrected chi connectivity index (χ0v) is 20.8. The number of nitrogens with two attached hydrogens (primary N) is 1. The molecule has 3 heterocycles. The van der Waals surface area contributed by atoms with Gasteiger partial charge in [0.2, 0.25) is 5.91 Å². The zero-order chi connectivity index (χ0) is 24.1. The minimum absolute atomic E-state index is 0.0491. The number of carbonyl (C=O) groups excluding carboxylic acids is 1. The number of hydrogen-bond donors (Lipinski definition) is 2. The number of benzene rings is 1. The predicted octanol–water partition coefficient (Wildman–Crippen LogP) is 3.76. The number of likely N-dealkylation sites (tertiary alicyclic amines) is 2. The number of hydrogen-bond acceptors (Lipinski definition) is 6. The van der Waals surface area contributed by atoms with Crippen LogP contribution in [0.4, 0.5) is 5.82 Å². The Morgan fingerprint density at radius 3 is 2.56 bits per heavy atom. The van der Waals surface area contributed by atoms with Crippen molar-refractivity contribution >= 4 is 33.8 Å². The second-order valence-electron chi connectivity index (χ2n) is 10.0. The Kier molecular flexibility index (Phi) is 7.63. The molecule has 2 aliphatic heterocycles. The topological polar surface area (TPSA) is 86.8 Å². The van der Waals surface area contributed by atoms with Crippen molar-refractivity contribution in [2.75, 3.05) is 52.1 Å².